The van der Waals surface area contributed by atoms with E-state index in [9.17, 15) is 14.4 Å². The van der Waals surface area contributed by atoms with Gasteiger partial charge in [-0.15, -0.1) is 0 Å². The number of fused-ring (bicyclic) bond motifs is 2. The molecule has 2 bridgehead atoms. The highest BCUT2D eigenvalue weighted by Gasteiger charge is 2.43. The van der Waals surface area contributed by atoms with Gasteiger partial charge in [-0.3, -0.25) is 9.59 Å². The van der Waals surface area contributed by atoms with E-state index < -0.39 is 18.2 Å². The molecule has 2 saturated carbocycles. The molecule has 12 heteroatoms. The maximum absolute atomic E-state index is 13.4. The van der Waals surface area contributed by atoms with Crippen LogP contribution >= 0.6 is 0 Å². The van der Waals surface area contributed by atoms with Crippen LogP contribution < -0.4 is 10.6 Å². The van der Waals surface area contributed by atoms with E-state index in [2.05, 4.69) is 98.2 Å². The number of nitrogens with one attached hydrogen (secondary N) is 4. The predicted molar refractivity (Wildman–Crippen MR) is 218 cm³/mol. The van der Waals surface area contributed by atoms with Crippen molar-refractivity contribution in [2.24, 2.45) is 17.8 Å². The van der Waals surface area contributed by atoms with Crippen LogP contribution in [0, 0.1) is 17.8 Å². The van der Waals surface area contributed by atoms with Gasteiger partial charge < -0.3 is 35.0 Å². The number of likely N-dealkylation sites (tertiary alicyclic amines) is 1. The highest BCUT2D eigenvalue weighted by Crippen LogP contribution is 2.48. The lowest BCUT2D eigenvalue weighted by molar-refractivity contribution is -0.137. The molecule has 1 aliphatic heterocycles. The molecule has 2 aromatic heterocycles. The van der Waals surface area contributed by atoms with E-state index in [0.717, 1.165) is 64.6 Å². The molecule has 3 fully saturated rings. The van der Waals surface area contributed by atoms with Gasteiger partial charge in [-0.05, 0) is 85.6 Å². The van der Waals surface area contributed by atoms with Crippen LogP contribution in [-0.4, -0.2) is 75.7 Å². The summed E-state index contributed by atoms with van der Waals surface area (Å²) >= 11 is 0. The first kappa shape index (κ1) is 39.5. The Hall–Kier alpha value is -5.75. The van der Waals surface area contributed by atoms with Gasteiger partial charge in [0.1, 0.15) is 11.9 Å². The van der Waals surface area contributed by atoms with Crippen LogP contribution in [-0.2, 0) is 19.1 Å². The Morgan fingerprint density at radius 1 is 0.807 bits per heavy atom. The molecular formula is C45H53N7O5. The molecule has 2 aliphatic carbocycles. The average Bonchev–Trinajstić information content (AvgIpc) is 4.12. The lowest BCUT2D eigenvalue weighted by Crippen LogP contribution is -2.54. The number of carbonyl (C=O) groups excluding carboxylic acids is 3. The van der Waals surface area contributed by atoms with Crippen molar-refractivity contribution in [1.29, 1.82) is 0 Å². The number of alkyl carbamates (subject to hydrolysis) is 1. The van der Waals surface area contributed by atoms with Crippen LogP contribution in [0.25, 0.3) is 33.6 Å². The molecule has 0 radical (unpaired) electrons. The summed E-state index contributed by atoms with van der Waals surface area (Å²) in [5, 5.41) is 5.80. The van der Waals surface area contributed by atoms with Gasteiger partial charge in [0, 0.05) is 19.6 Å². The maximum atomic E-state index is 13.4. The van der Waals surface area contributed by atoms with E-state index in [1.165, 1.54) is 39.0 Å². The summed E-state index contributed by atoms with van der Waals surface area (Å²) in [6.07, 6.45) is 10.7. The highest BCUT2D eigenvalue weighted by atomic mass is 16.5. The number of hydrogen-bond donors (Lipinski definition) is 4. The minimum absolute atomic E-state index is 0.123. The van der Waals surface area contributed by atoms with Crippen LogP contribution in [0.5, 0.6) is 0 Å². The zero-order chi connectivity index (χ0) is 39.9. The molecule has 0 spiro atoms. The van der Waals surface area contributed by atoms with Gasteiger partial charge in [0.25, 0.3) is 0 Å². The highest BCUT2D eigenvalue weighted by molar-refractivity contribution is 5.87. The summed E-state index contributed by atoms with van der Waals surface area (Å²) in [4.78, 5) is 54.6. The molecule has 8 rings (SSSR count). The van der Waals surface area contributed by atoms with Crippen molar-refractivity contribution in [3.63, 3.8) is 0 Å². The number of methoxy groups -OCH3 is 2. The molecule has 3 amide bonds. The predicted octanol–water partition coefficient (Wildman–Crippen LogP) is 7.86. The zero-order valence-electron chi connectivity index (χ0n) is 33.1. The van der Waals surface area contributed by atoms with Crippen molar-refractivity contribution in [3.05, 3.63) is 109 Å². The van der Waals surface area contributed by atoms with Gasteiger partial charge in [-0.2, -0.15) is 0 Å². The Balaban J connectivity index is 0.000000229. The van der Waals surface area contributed by atoms with Crippen LogP contribution in [0.15, 0.2) is 97.6 Å². The number of H-pyrrole nitrogens is 2. The molecule has 5 aromatic rings. The Bertz CT molecular complexity index is 2080. The Kier molecular flexibility index (Phi) is 12.5. The summed E-state index contributed by atoms with van der Waals surface area (Å²) in [5.41, 5.74) is 7.36. The summed E-state index contributed by atoms with van der Waals surface area (Å²) in [6, 6.07) is 25.9. The molecule has 7 atom stereocenters. The first-order valence-corrected chi connectivity index (χ1v) is 20.0. The summed E-state index contributed by atoms with van der Waals surface area (Å²) < 4.78 is 10.1. The van der Waals surface area contributed by atoms with Crippen LogP contribution in [0.2, 0.25) is 0 Å². The molecule has 3 aliphatic rings. The lowest BCUT2D eigenvalue weighted by atomic mass is 9.88. The molecule has 3 heterocycles. The minimum Gasteiger partial charge on any atom is -0.453 e. The quantitative estimate of drug-likeness (QED) is 0.107. The third-order valence-electron chi connectivity index (χ3n) is 12.0. The fourth-order valence-electron chi connectivity index (χ4n) is 8.66. The number of amides is 3. The van der Waals surface area contributed by atoms with E-state index in [1.54, 1.807) is 30.5 Å². The molecular weight excluding hydrogens is 719 g/mol. The number of benzene rings is 3. The van der Waals surface area contributed by atoms with Gasteiger partial charge in [-0.25, -0.2) is 14.8 Å². The Morgan fingerprint density at radius 2 is 1.49 bits per heavy atom. The van der Waals surface area contributed by atoms with E-state index >= 15 is 0 Å². The SMILES string of the molecule is COC(=O)NC(C(=O)N1CCCC1c1ncc(-c2ccc(-c3ccc(-c4cnc[nH]4)cc3)cc2)[nH]1)C(C)OC.C[C@H](NC(=O)C1CC2CCC1C2)c1ccccc1. The second-order valence-corrected chi connectivity index (χ2v) is 15.5. The number of carbonyl (C=O) groups is 3. The fourth-order valence-corrected chi connectivity index (χ4v) is 8.66. The summed E-state index contributed by atoms with van der Waals surface area (Å²) in [6.45, 7) is 4.38. The largest absolute Gasteiger partial charge is 0.453 e. The van der Waals surface area contributed by atoms with Crippen molar-refractivity contribution >= 4 is 17.9 Å². The number of ether oxygens (including phenoxy) is 2. The van der Waals surface area contributed by atoms with Gasteiger partial charge in [-0.1, -0.05) is 85.3 Å². The standard InChI is InChI=1S/C29H32N6O4.C16H21NO/c1-18(38-2)26(34-29(37)39-3)28(36)35-14-4-5-25(35)27-31-16-24(33-27)22-12-8-20(9-13-22)19-6-10-21(11-7-19)23-15-30-17-32-23;1-11(13-5-3-2-4-6-13)17-16(18)15-10-12-7-8-14(15)9-12/h6-13,15-18,25-26H,4-5,14H2,1-3H3,(H,30,32)(H,31,33)(H,34,37);2-6,11-12,14-15H,7-10H2,1H3,(H,17,18)/t;11-,12?,14?,15?/m.0/s1. The fraction of sp³-hybridized carbons (Fsp3) is 0.400. The maximum Gasteiger partial charge on any atom is 0.407 e. The van der Waals surface area contributed by atoms with E-state index in [0.29, 0.717) is 12.5 Å². The van der Waals surface area contributed by atoms with Crippen molar-refractivity contribution in [2.45, 2.75) is 76.6 Å². The van der Waals surface area contributed by atoms with Crippen LogP contribution in [0.3, 0.4) is 0 Å². The first-order valence-electron chi connectivity index (χ1n) is 20.0. The second kappa shape index (κ2) is 18.0. The topological polar surface area (TPSA) is 154 Å². The van der Waals surface area contributed by atoms with Crippen LogP contribution in [0.4, 0.5) is 4.79 Å². The molecule has 12 nitrogen and oxygen atoms in total. The normalized spacial score (nSPS) is 21.2. The number of nitrogens with zero attached hydrogens (tertiary/aromatic N) is 3. The molecule has 4 N–H and O–H groups in total. The van der Waals surface area contributed by atoms with Gasteiger partial charge in [0.05, 0.1) is 55.4 Å². The number of imidazole rings is 2. The van der Waals surface area contributed by atoms with Gasteiger partial charge >= 0.3 is 6.09 Å². The summed E-state index contributed by atoms with van der Waals surface area (Å²) in [7, 11) is 2.77. The minimum atomic E-state index is -0.862. The van der Waals surface area contributed by atoms with Crippen molar-refractivity contribution in [2.75, 3.05) is 20.8 Å². The zero-order valence-corrected chi connectivity index (χ0v) is 33.1. The first-order chi connectivity index (χ1) is 27.7. The third kappa shape index (κ3) is 9.12. The average molecular weight is 772 g/mol. The molecule has 6 unspecified atom stereocenters. The van der Waals surface area contributed by atoms with Gasteiger partial charge in [0.15, 0.2) is 0 Å². The molecule has 298 valence electrons. The van der Waals surface area contributed by atoms with E-state index in [1.807, 2.05) is 18.2 Å². The smallest absolute Gasteiger partial charge is 0.407 e. The van der Waals surface area contributed by atoms with E-state index in [-0.39, 0.29) is 29.8 Å². The monoisotopic (exact) mass is 771 g/mol. The summed E-state index contributed by atoms with van der Waals surface area (Å²) in [5.74, 6) is 2.55. The van der Waals surface area contributed by atoms with Crippen molar-refractivity contribution < 1.29 is 23.9 Å². The number of aromatic nitrogens is 4. The van der Waals surface area contributed by atoms with Gasteiger partial charge in [0.2, 0.25) is 11.8 Å². The third-order valence-corrected chi connectivity index (χ3v) is 12.0. The van der Waals surface area contributed by atoms with Crippen molar-refractivity contribution in [3.8, 4) is 33.6 Å². The number of hydrogen-bond acceptors (Lipinski definition) is 7. The lowest BCUT2D eigenvalue weighted by Gasteiger charge is -2.30. The number of aromatic amines is 2. The number of rotatable bonds is 11. The van der Waals surface area contributed by atoms with Crippen molar-refractivity contribution in [1.82, 2.24) is 35.5 Å². The Morgan fingerprint density at radius 3 is 2.09 bits per heavy atom. The molecule has 3 aromatic carbocycles. The van der Waals surface area contributed by atoms with Crippen LogP contribution in [0.1, 0.15) is 75.8 Å². The molecule has 1 saturated heterocycles. The Labute approximate surface area is 334 Å². The molecule has 57 heavy (non-hydrogen) atoms. The van der Waals surface area contributed by atoms with E-state index in [4.69, 9.17) is 9.47 Å². The second-order valence-electron chi connectivity index (χ2n) is 15.5.